The summed E-state index contributed by atoms with van der Waals surface area (Å²) >= 11 is 0. The van der Waals surface area contributed by atoms with Crippen LogP contribution in [0.3, 0.4) is 0 Å². The van der Waals surface area contributed by atoms with Gasteiger partial charge in [0.2, 0.25) is 0 Å². The van der Waals surface area contributed by atoms with Gasteiger partial charge in [-0.15, -0.1) is 0 Å². The van der Waals surface area contributed by atoms with Crippen molar-refractivity contribution in [2.45, 2.75) is 66.1 Å². The van der Waals surface area contributed by atoms with E-state index in [4.69, 9.17) is 9.31 Å². The van der Waals surface area contributed by atoms with Gasteiger partial charge >= 0.3 is 7.12 Å². The average Bonchev–Trinajstić information content (AvgIpc) is 2.46. The Kier molecular flexibility index (Phi) is 3.81. The Morgan fingerprint density at radius 3 is 2.05 bits per heavy atom. The highest BCUT2D eigenvalue weighted by atomic mass is 16.7. The smallest absolute Gasteiger partial charge is 0.399 e. The molecule has 2 nitrogen and oxygen atoms in total. The molecule has 1 aliphatic rings. The van der Waals surface area contributed by atoms with E-state index in [1.807, 2.05) is 0 Å². The Hall–Kier alpha value is -0.795. The van der Waals surface area contributed by atoms with E-state index in [0.717, 1.165) is 11.9 Å². The van der Waals surface area contributed by atoms with E-state index in [1.54, 1.807) is 0 Å². The van der Waals surface area contributed by atoms with Gasteiger partial charge in [0.1, 0.15) is 0 Å². The summed E-state index contributed by atoms with van der Waals surface area (Å²) in [5, 5.41) is 0. The average molecular weight is 274 g/mol. The number of hydrogen-bond acceptors (Lipinski definition) is 2. The van der Waals surface area contributed by atoms with E-state index < -0.39 is 0 Å². The van der Waals surface area contributed by atoms with Crippen molar-refractivity contribution in [2.75, 3.05) is 0 Å². The van der Waals surface area contributed by atoms with Gasteiger partial charge in [-0.2, -0.15) is 0 Å². The highest BCUT2D eigenvalue weighted by Gasteiger charge is 2.51. The first-order valence-corrected chi connectivity index (χ1v) is 7.45. The van der Waals surface area contributed by atoms with Gasteiger partial charge in [0.15, 0.2) is 0 Å². The molecule has 0 atom stereocenters. The van der Waals surface area contributed by atoms with Gasteiger partial charge in [-0.05, 0) is 50.6 Å². The van der Waals surface area contributed by atoms with Gasteiger partial charge in [-0.3, -0.25) is 0 Å². The summed E-state index contributed by atoms with van der Waals surface area (Å²) in [6, 6.07) is 8.59. The minimum Gasteiger partial charge on any atom is -0.399 e. The van der Waals surface area contributed by atoms with Gasteiger partial charge in [0.05, 0.1) is 11.2 Å². The van der Waals surface area contributed by atoms with Crippen LogP contribution in [0.5, 0.6) is 0 Å². The molecule has 1 heterocycles. The van der Waals surface area contributed by atoms with Crippen LogP contribution in [-0.4, -0.2) is 18.3 Å². The normalized spacial score (nSPS) is 21.2. The third-order valence-corrected chi connectivity index (χ3v) is 4.21. The van der Waals surface area contributed by atoms with Crippen molar-refractivity contribution < 1.29 is 9.31 Å². The van der Waals surface area contributed by atoms with Crippen molar-refractivity contribution in [3.63, 3.8) is 0 Å². The van der Waals surface area contributed by atoms with Crippen LogP contribution in [0.25, 0.3) is 0 Å². The quantitative estimate of drug-likeness (QED) is 0.767. The molecule has 1 aromatic rings. The van der Waals surface area contributed by atoms with Gasteiger partial charge in [0.25, 0.3) is 0 Å². The zero-order valence-electron chi connectivity index (χ0n) is 13.9. The molecule has 1 aromatic carbocycles. The SMILES string of the molecule is CC(C)(C)Cc1cccc(B2OC(C)(C)C(C)(C)O2)c1. The van der Waals surface area contributed by atoms with Crippen molar-refractivity contribution in [1.82, 2.24) is 0 Å². The lowest BCUT2D eigenvalue weighted by Crippen LogP contribution is -2.41. The Balaban J connectivity index is 2.21. The summed E-state index contributed by atoms with van der Waals surface area (Å²) in [7, 11) is -0.264. The summed E-state index contributed by atoms with van der Waals surface area (Å²) < 4.78 is 12.2. The molecule has 0 saturated carbocycles. The zero-order valence-corrected chi connectivity index (χ0v) is 13.9. The van der Waals surface area contributed by atoms with Crippen LogP contribution in [0.2, 0.25) is 0 Å². The van der Waals surface area contributed by atoms with E-state index in [9.17, 15) is 0 Å². The second kappa shape index (κ2) is 4.89. The lowest BCUT2D eigenvalue weighted by molar-refractivity contribution is 0.00578. The van der Waals surface area contributed by atoms with Crippen LogP contribution >= 0.6 is 0 Å². The van der Waals surface area contributed by atoms with Crippen LogP contribution in [0.15, 0.2) is 24.3 Å². The molecule has 0 aliphatic carbocycles. The minimum atomic E-state index is -0.280. The molecule has 1 aliphatic heterocycles. The fourth-order valence-corrected chi connectivity index (χ4v) is 2.44. The number of hydrogen-bond donors (Lipinski definition) is 0. The maximum Gasteiger partial charge on any atom is 0.494 e. The first-order valence-electron chi connectivity index (χ1n) is 7.45. The highest BCUT2D eigenvalue weighted by molar-refractivity contribution is 6.62. The molecule has 0 spiro atoms. The molecular formula is C17H27BO2. The molecule has 3 heteroatoms. The predicted molar refractivity (Wildman–Crippen MR) is 85.3 cm³/mol. The molecule has 0 bridgehead atoms. The van der Waals surface area contributed by atoms with Crippen molar-refractivity contribution in [3.05, 3.63) is 29.8 Å². The second-order valence-electron chi connectivity index (χ2n) is 8.07. The summed E-state index contributed by atoms with van der Waals surface area (Å²) in [6.45, 7) is 15.1. The summed E-state index contributed by atoms with van der Waals surface area (Å²) in [5.74, 6) is 0. The molecule has 0 radical (unpaired) electrons. The first kappa shape index (κ1) is 15.6. The van der Waals surface area contributed by atoms with Gasteiger partial charge < -0.3 is 9.31 Å². The van der Waals surface area contributed by atoms with E-state index in [-0.39, 0.29) is 23.7 Å². The molecule has 1 saturated heterocycles. The van der Waals surface area contributed by atoms with Gasteiger partial charge in [-0.25, -0.2) is 0 Å². The van der Waals surface area contributed by atoms with Crippen LogP contribution in [-0.2, 0) is 15.7 Å². The highest BCUT2D eigenvalue weighted by Crippen LogP contribution is 2.36. The van der Waals surface area contributed by atoms with Crippen LogP contribution in [0.1, 0.15) is 54.0 Å². The topological polar surface area (TPSA) is 18.5 Å². The van der Waals surface area contributed by atoms with E-state index in [0.29, 0.717) is 0 Å². The first-order chi connectivity index (χ1) is 9.00. The number of benzene rings is 1. The van der Waals surface area contributed by atoms with Crippen molar-refractivity contribution >= 4 is 12.6 Å². The Morgan fingerprint density at radius 2 is 1.55 bits per heavy atom. The second-order valence-corrected chi connectivity index (χ2v) is 8.07. The fraction of sp³-hybridized carbons (Fsp3) is 0.647. The molecule has 110 valence electrons. The Labute approximate surface area is 124 Å². The van der Waals surface area contributed by atoms with Crippen molar-refractivity contribution in [3.8, 4) is 0 Å². The molecule has 0 amide bonds. The lowest BCUT2D eigenvalue weighted by atomic mass is 9.77. The monoisotopic (exact) mass is 274 g/mol. The van der Waals surface area contributed by atoms with E-state index in [1.165, 1.54) is 5.56 Å². The largest absolute Gasteiger partial charge is 0.494 e. The molecule has 20 heavy (non-hydrogen) atoms. The molecule has 1 fully saturated rings. The minimum absolute atomic E-state index is 0.264. The summed E-state index contributed by atoms with van der Waals surface area (Å²) in [5.41, 5.74) is 2.18. The molecule has 0 aromatic heterocycles. The fourth-order valence-electron chi connectivity index (χ4n) is 2.44. The van der Waals surface area contributed by atoms with Crippen LogP contribution in [0.4, 0.5) is 0 Å². The van der Waals surface area contributed by atoms with Crippen molar-refractivity contribution in [2.24, 2.45) is 5.41 Å². The molecule has 2 rings (SSSR count). The third kappa shape index (κ3) is 3.26. The lowest BCUT2D eigenvalue weighted by Gasteiger charge is -2.32. The van der Waals surface area contributed by atoms with Gasteiger partial charge in [-0.1, -0.05) is 45.0 Å². The molecule has 0 unspecified atom stereocenters. The maximum absolute atomic E-state index is 6.11. The van der Waals surface area contributed by atoms with Crippen LogP contribution in [0, 0.1) is 5.41 Å². The summed E-state index contributed by atoms with van der Waals surface area (Å²) in [4.78, 5) is 0. The van der Waals surface area contributed by atoms with Crippen LogP contribution < -0.4 is 5.46 Å². The molecular weight excluding hydrogens is 247 g/mol. The Morgan fingerprint density at radius 1 is 1.00 bits per heavy atom. The third-order valence-electron chi connectivity index (χ3n) is 4.21. The zero-order chi connectivity index (χ0) is 15.2. The summed E-state index contributed by atoms with van der Waals surface area (Å²) in [6.07, 6.45) is 1.06. The maximum atomic E-state index is 6.11. The van der Waals surface area contributed by atoms with Gasteiger partial charge in [0, 0.05) is 0 Å². The number of rotatable bonds is 2. The van der Waals surface area contributed by atoms with E-state index in [2.05, 4.69) is 72.7 Å². The van der Waals surface area contributed by atoms with Crippen molar-refractivity contribution in [1.29, 1.82) is 0 Å². The predicted octanol–water partition coefficient (Wildman–Crippen LogP) is 3.57. The van der Waals surface area contributed by atoms with E-state index >= 15 is 0 Å². The standard InChI is InChI=1S/C17H27BO2/c1-15(2,3)12-13-9-8-10-14(11-13)18-19-16(4,5)17(6,7)20-18/h8-11H,12H2,1-7H3. The Bertz CT molecular complexity index is 470. The molecule has 0 N–H and O–H groups in total.